The van der Waals surface area contributed by atoms with Crippen LogP contribution in [0.5, 0.6) is 0 Å². The fraction of sp³-hybridized carbons (Fsp3) is 0.400. The quantitative estimate of drug-likeness (QED) is 0.487. The second-order valence-electron chi connectivity index (χ2n) is 8.69. The maximum atomic E-state index is 12.7. The van der Waals surface area contributed by atoms with Crippen molar-refractivity contribution in [3.05, 3.63) is 59.2 Å². The highest BCUT2D eigenvalue weighted by atomic mass is 32.2. The van der Waals surface area contributed by atoms with E-state index in [1.54, 1.807) is 0 Å². The predicted molar refractivity (Wildman–Crippen MR) is 130 cm³/mol. The van der Waals surface area contributed by atoms with Crippen LogP contribution in [0.4, 0.5) is 5.69 Å². The molecule has 1 heterocycles. The van der Waals surface area contributed by atoms with E-state index >= 15 is 0 Å². The van der Waals surface area contributed by atoms with Gasteiger partial charge in [0, 0.05) is 18.3 Å². The van der Waals surface area contributed by atoms with Crippen molar-refractivity contribution in [2.24, 2.45) is 7.05 Å². The smallest absolute Gasteiger partial charge is 0.234 e. The van der Waals surface area contributed by atoms with Crippen LogP contribution in [0.3, 0.4) is 0 Å². The van der Waals surface area contributed by atoms with Gasteiger partial charge in [-0.1, -0.05) is 88.8 Å². The molecule has 0 spiro atoms. The van der Waals surface area contributed by atoms with Crippen molar-refractivity contribution >= 4 is 23.4 Å². The number of benzene rings is 2. The average molecular weight is 437 g/mol. The molecule has 5 nitrogen and oxygen atoms in total. The summed E-state index contributed by atoms with van der Waals surface area (Å²) in [7, 11) is 1.94. The van der Waals surface area contributed by atoms with Gasteiger partial charge in [0.2, 0.25) is 5.91 Å². The highest BCUT2D eigenvalue weighted by Gasteiger charge is 2.17. The van der Waals surface area contributed by atoms with E-state index in [4.69, 9.17) is 0 Å². The first-order chi connectivity index (χ1) is 14.7. The Morgan fingerprint density at radius 2 is 1.61 bits per heavy atom. The van der Waals surface area contributed by atoms with Gasteiger partial charge in [-0.15, -0.1) is 10.2 Å². The van der Waals surface area contributed by atoms with Gasteiger partial charge in [0.05, 0.1) is 5.75 Å². The average Bonchev–Trinajstić information content (AvgIpc) is 3.12. The number of thioether (sulfide) groups is 1. The molecule has 164 valence electrons. The van der Waals surface area contributed by atoms with Crippen molar-refractivity contribution < 1.29 is 4.79 Å². The molecule has 0 radical (unpaired) electrons. The summed E-state index contributed by atoms with van der Waals surface area (Å²) in [5, 5.41) is 12.5. The normalized spacial score (nSPS) is 11.5. The zero-order valence-corrected chi connectivity index (χ0v) is 20.1. The highest BCUT2D eigenvalue weighted by Crippen LogP contribution is 2.27. The van der Waals surface area contributed by atoms with Gasteiger partial charge < -0.3 is 9.88 Å². The fourth-order valence-corrected chi connectivity index (χ4v) is 4.23. The number of nitrogens with one attached hydrogen (secondary N) is 1. The number of rotatable bonds is 7. The monoisotopic (exact) mass is 436 g/mol. The van der Waals surface area contributed by atoms with Crippen LogP contribution in [0.1, 0.15) is 51.3 Å². The molecule has 2 aromatic carbocycles. The summed E-state index contributed by atoms with van der Waals surface area (Å²) in [6.07, 6.45) is 1.77. The molecule has 0 saturated heterocycles. The van der Waals surface area contributed by atoms with Crippen molar-refractivity contribution in [2.75, 3.05) is 11.1 Å². The van der Waals surface area contributed by atoms with Gasteiger partial charge in [-0.2, -0.15) is 0 Å². The second kappa shape index (κ2) is 9.69. The van der Waals surface area contributed by atoms with Crippen LogP contribution in [0, 0.1) is 0 Å². The number of carbonyl (C=O) groups is 1. The van der Waals surface area contributed by atoms with Gasteiger partial charge in [-0.25, -0.2) is 0 Å². The molecule has 6 heteroatoms. The summed E-state index contributed by atoms with van der Waals surface area (Å²) in [6, 6.07) is 14.6. The first-order valence-corrected chi connectivity index (χ1v) is 11.8. The Morgan fingerprint density at radius 1 is 1.00 bits per heavy atom. The van der Waals surface area contributed by atoms with Crippen molar-refractivity contribution in [3.63, 3.8) is 0 Å². The molecular formula is C25H32N4OS. The van der Waals surface area contributed by atoms with Crippen LogP contribution in [0.25, 0.3) is 11.4 Å². The summed E-state index contributed by atoms with van der Waals surface area (Å²) >= 11 is 1.40. The Morgan fingerprint density at radius 3 is 2.16 bits per heavy atom. The van der Waals surface area contributed by atoms with E-state index in [0.29, 0.717) is 0 Å². The van der Waals surface area contributed by atoms with E-state index in [2.05, 4.69) is 92.6 Å². The van der Waals surface area contributed by atoms with Gasteiger partial charge in [-0.3, -0.25) is 4.79 Å². The number of nitrogens with zero attached hydrogens (tertiary/aromatic N) is 3. The third-order valence-corrected chi connectivity index (χ3v) is 6.46. The lowest BCUT2D eigenvalue weighted by Gasteiger charge is -2.19. The molecule has 3 rings (SSSR count). The molecule has 1 aromatic heterocycles. The summed E-state index contributed by atoms with van der Waals surface area (Å²) in [5.41, 5.74) is 5.69. The van der Waals surface area contributed by atoms with Crippen LogP contribution in [-0.4, -0.2) is 26.4 Å². The Hall–Kier alpha value is -2.60. The molecule has 1 N–H and O–H groups in total. The largest absolute Gasteiger partial charge is 0.325 e. The van der Waals surface area contributed by atoms with E-state index < -0.39 is 0 Å². The summed E-state index contributed by atoms with van der Waals surface area (Å²) in [4.78, 5) is 12.7. The summed E-state index contributed by atoms with van der Waals surface area (Å²) < 4.78 is 1.95. The first kappa shape index (κ1) is 23.1. The summed E-state index contributed by atoms with van der Waals surface area (Å²) in [5.74, 6) is 1.06. The Balaban J connectivity index is 1.69. The Labute approximate surface area is 189 Å². The van der Waals surface area contributed by atoms with Crippen LogP contribution in [-0.2, 0) is 30.1 Å². The number of anilines is 1. The number of hydrogen-bond acceptors (Lipinski definition) is 4. The zero-order valence-electron chi connectivity index (χ0n) is 19.3. The van der Waals surface area contributed by atoms with E-state index in [9.17, 15) is 4.79 Å². The highest BCUT2D eigenvalue weighted by molar-refractivity contribution is 7.99. The molecule has 0 unspecified atom stereocenters. The van der Waals surface area contributed by atoms with Gasteiger partial charge in [0.15, 0.2) is 11.0 Å². The van der Waals surface area contributed by atoms with Crippen LogP contribution < -0.4 is 5.32 Å². The van der Waals surface area contributed by atoms with Crippen molar-refractivity contribution in [1.29, 1.82) is 0 Å². The molecule has 0 aliphatic heterocycles. The standard InChI is InChI=1S/C25H32N4OS/c1-7-17-10-9-11-18(8-2)22(17)26-21(30)16-31-24-28-27-23(29(24)6)19-12-14-20(15-13-19)25(3,4)5/h9-15H,7-8,16H2,1-6H3,(H,26,30). The molecule has 0 aliphatic rings. The molecular weight excluding hydrogens is 404 g/mol. The van der Waals surface area contributed by atoms with E-state index in [0.717, 1.165) is 46.2 Å². The van der Waals surface area contributed by atoms with Crippen LogP contribution >= 0.6 is 11.8 Å². The van der Waals surface area contributed by atoms with Gasteiger partial charge in [0.1, 0.15) is 0 Å². The number of amides is 1. The van der Waals surface area contributed by atoms with Gasteiger partial charge >= 0.3 is 0 Å². The molecule has 0 fully saturated rings. The SMILES string of the molecule is CCc1cccc(CC)c1NC(=O)CSc1nnc(-c2ccc(C(C)(C)C)cc2)n1C. The predicted octanol–water partition coefficient (Wildman–Crippen LogP) is 5.64. The first-order valence-electron chi connectivity index (χ1n) is 10.8. The molecule has 1 amide bonds. The molecule has 0 aliphatic carbocycles. The van der Waals surface area contributed by atoms with E-state index in [1.165, 1.54) is 17.3 Å². The minimum atomic E-state index is -0.0281. The number of carbonyl (C=O) groups excluding carboxylic acids is 1. The minimum Gasteiger partial charge on any atom is -0.325 e. The van der Waals surface area contributed by atoms with E-state index in [-0.39, 0.29) is 17.1 Å². The third-order valence-electron chi connectivity index (χ3n) is 5.44. The van der Waals surface area contributed by atoms with Crippen molar-refractivity contribution in [3.8, 4) is 11.4 Å². The number of para-hydroxylation sites is 1. The Bertz CT molecular complexity index is 1030. The number of hydrogen-bond donors (Lipinski definition) is 1. The van der Waals surface area contributed by atoms with Gasteiger partial charge in [0.25, 0.3) is 0 Å². The minimum absolute atomic E-state index is 0.0281. The molecule has 0 saturated carbocycles. The fourth-order valence-electron chi connectivity index (χ4n) is 3.52. The maximum absolute atomic E-state index is 12.7. The lowest BCUT2D eigenvalue weighted by molar-refractivity contribution is -0.113. The molecule has 31 heavy (non-hydrogen) atoms. The van der Waals surface area contributed by atoms with E-state index in [1.807, 2.05) is 11.6 Å². The number of aryl methyl sites for hydroxylation is 2. The maximum Gasteiger partial charge on any atom is 0.234 e. The van der Waals surface area contributed by atoms with Crippen LogP contribution in [0.2, 0.25) is 0 Å². The molecule has 0 bridgehead atoms. The van der Waals surface area contributed by atoms with Crippen molar-refractivity contribution in [2.45, 2.75) is 58.0 Å². The topological polar surface area (TPSA) is 59.8 Å². The molecule has 3 aromatic rings. The Kier molecular flexibility index (Phi) is 7.21. The number of aromatic nitrogens is 3. The lowest BCUT2D eigenvalue weighted by Crippen LogP contribution is -2.17. The molecule has 0 atom stereocenters. The third kappa shape index (κ3) is 5.37. The second-order valence-corrected chi connectivity index (χ2v) is 9.63. The van der Waals surface area contributed by atoms with Crippen LogP contribution in [0.15, 0.2) is 47.6 Å². The summed E-state index contributed by atoms with van der Waals surface area (Å²) in [6.45, 7) is 10.8. The zero-order chi connectivity index (χ0) is 22.6. The van der Waals surface area contributed by atoms with Gasteiger partial charge in [-0.05, 0) is 34.9 Å². The van der Waals surface area contributed by atoms with Crippen molar-refractivity contribution in [1.82, 2.24) is 14.8 Å². The lowest BCUT2D eigenvalue weighted by atomic mass is 9.87.